The van der Waals surface area contributed by atoms with Gasteiger partial charge in [0.05, 0.1) is 12.8 Å². The molecule has 0 unspecified atom stereocenters. The highest BCUT2D eigenvalue weighted by atomic mass is 35.5. The van der Waals surface area contributed by atoms with Gasteiger partial charge in [-0.25, -0.2) is 4.98 Å². The first-order valence-electron chi connectivity index (χ1n) is 7.34. The van der Waals surface area contributed by atoms with E-state index in [1.54, 1.807) is 25.3 Å². The fourth-order valence-corrected chi connectivity index (χ4v) is 3.60. The van der Waals surface area contributed by atoms with Gasteiger partial charge in [-0.15, -0.1) is 11.3 Å². The van der Waals surface area contributed by atoms with E-state index in [1.807, 2.05) is 30.5 Å². The highest BCUT2D eigenvalue weighted by molar-refractivity contribution is 7.14. The summed E-state index contributed by atoms with van der Waals surface area (Å²) in [6.07, 6.45) is 0. The number of carbonyl (C=O) groups excluding carboxylic acids is 1. The Labute approximate surface area is 159 Å². The molecule has 3 aromatic rings. The van der Waals surface area contributed by atoms with Crippen molar-refractivity contribution in [3.05, 3.63) is 63.0 Å². The number of aromatic nitrogens is 1. The van der Waals surface area contributed by atoms with Crippen LogP contribution in [-0.4, -0.2) is 18.0 Å². The van der Waals surface area contributed by atoms with E-state index in [0.717, 1.165) is 22.6 Å². The summed E-state index contributed by atoms with van der Waals surface area (Å²) in [4.78, 5) is 16.8. The third-order valence-corrected chi connectivity index (χ3v) is 4.73. The van der Waals surface area contributed by atoms with Crippen LogP contribution in [0.2, 0.25) is 10.0 Å². The molecule has 128 valence electrons. The zero-order valence-corrected chi connectivity index (χ0v) is 15.8. The fraction of sp³-hybridized carbons (Fsp3) is 0.111. The number of methoxy groups -OCH3 is 1. The lowest BCUT2D eigenvalue weighted by molar-refractivity contribution is 0.102. The van der Waals surface area contributed by atoms with E-state index in [4.69, 9.17) is 27.9 Å². The molecule has 0 saturated carbocycles. The van der Waals surface area contributed by atoms with Crippen LogP contribution in [-0.2, 0) is 0 Å². The van der Waals surface area contributed by atoms with E-state index in [-0.39, 0.29) is 5.91 Å². The van der Waals surface area contributed by atoms with Gasteiger partial charge in [-0.05, 0) is 48.9 Å². The molecule has 3 rings (SSSR count). The predicted molar refractivity (Wildman–Crippen MR) is 103 cm³/mol. The number of carbonyl (C=O) groups is 1. The Bertz CT molecular complexity index is 920. The third kappa shape index (κ3) is 4.12. The number of nitrogens with one attached hydrogen (secondary N) is 1. The molecule has 1 heterocycles. The van der Waals surface area contributed by atoms with Crippen LogP contribution in [0.4, 0.5) is 5.13 Å². The Balaban J connectivity index is 1.79. The lowest BCUT2D eigenvalue weighted by Crippen LogP contribution is -2.11. The van der Waals surface area contributed by atoms with Gasteiger partial charge in [0.25, 0.3) is 5.91 Å². The van der Waals surface area contributed by atoms with Crippen LogP contribution in [0.15, 0.2) is 41.8 Å². The summed E-state index contributed by atoms with van der Waals surface area (Å²) in [6, 6.07) is 10.5. The van der Waals surface area contributed by atoms with Gasteiger partial charge in [0.1, 0.15) is 5.75 Å². The minimum Gasteiger partial charge on any atom is -0.496 e. The molecule has 0 fully saturated rings. The van der Waals surface area contributed by atoms with Gasteiger partial charge >= 0.3 is 0 Å². The quantitative estimate of drug-likeness (QED) is 0.620. The van der Waals surface area contributed by atoms with Gasteiger partial charge in [0, 0.05) is 26.6 Å². The lowest BCUT2D eigenvalue weighted by Gasteiger charge is -2.06. The number of nitrogens with zero attached hydrogens (tertiary/aromatic N) is 1. The summed E-state index contributed by atoms with van der Waals surface area (Å²) in [5, 5.41) is 5.98. The van der Waals surface area contributed by atoms with Crippen molar-refractivity contribution in [1.29, 1.82) is 0 Å². The van der Waals surface area contributed by atoms with E-state index < -0.39 is 0 Å². The van der Waals surface area contributed by atoms with E-state index in [9.17, 15) is 4.79 Å². The molecule has 0 atom stereocenters. The summed E-state index contributed by atoms with van der Waals surface area (Å²) in [6.45, 7) is 1.97. The van der Waals surface area contributed by atoms with E-state index in [0.29, 0.717) is 20.7 Å². The van der Waals surface area contributed by atoms with E-state index in [1.165, 1.54) is 11.3 Å². The molecule has 2 aromatic carbocycles. The molecule has 1 amide bonds. The van der Waals surface area contributed by atoms with Crippen LogP contribution in [0.5, 0.6) is 5.75 Å². The van der Waals surface area contributed by atoms with Crippen molar-refractivity contribution >= 4 is 45.6 Å². The highest BCUT2D eigenvalue weighted by Crippen LogP contribution is 2.29. The van der Waals surface area contributed by atoms with Crippen molar-refractivity contribution in [2.45, 2.75) is 6.92 Å². The number of amides is 1. The number of thiazole rings is 1. The second kappa shape index (κ2) is 7.44. The summed E-state index contributed by atoms with van der Waals surface area (Å²) in [5.74, 6) is 0.515. The number of aryl methyl sites for hydroxylation is 1. The summed E-state index contributed by atoms with van der Waals surface area (Å²) < 4.78 is 5.27. The molecule has 7 heteroatoms. The van der Waals surface area contributed by atoms with Crippen LogP contribution in [0.25, 0.3) is 11.3 Å². The van der Waals surface area contributed by atoms with Crippen LogP contribution in [0.3, 0.4) is 0 Å². The number of anilines is 1. The minimum absolute atomic E-state index is 0.309. The van der Waals surface area contributed by atoms with Crippen molar-refractivity contribution in [2.75, 3.05) is 12.4 Å². The monoisotopic (exact) mass is 392 g/mol. The molecule has 0 aliphatic heterocycles. The van der Waals surface area contributed by atoms with Crippen molar-refractivity contribution < 1.29 is 9.53 Å². The average molecular weight is 393 g/mol. The summed E-state index contributed by atoms with van der Waals surface area (Å²) >= 11 is 13.2. The molecule has 0 saturated heterocycles. The number of ether oxygens (including phenoxy) is 1. The maximum absolute atomic E-state index is 12.3. The van der Waals surface area contributed by atoms with Gasteiger partial charge in [-0.3, -0.25) is 10.1 Å². The first kappa shape index (κ1) is 17.7. The topological polar surface area (TPSA) is 51.2 Å². The van der Waals surface area contributed by atoms with Gasteiger partial charge < -0.3 is 4.74 Å². The highest BCUT2D eigenvalue weighted by Gasteiger charge is 2.12. The number of halogens is 2. The molecular formula is C18H14Cl2N2O2S. The third-order valence-electron chi connectivity index (χ3n) is 3.54. The number of hydrogen-bond donors (Lipinski definition) is 1. The zero-order valence-electron chi connectivity index (χ0n) is 13.5. The Morgan fingerprint density at radius 1 is 1.16 bits per heavy atom. The Morgan fingerprint density at radius 3 is 2.52 bits per heavy atom. The van der Waals surface area contributed by atoms with Crippen molar-refractivity contribution in [1.82, 2.24) is 4.98 Å². The summed E-state index contributed by atoms with van der Waals surface area (Å²) in [5.41, 5.74) is 3.15. The summed E-state index contributed by atoms with van der Waals surface area (Å²) in [7, 11) is 1.64. The second-order valence-electron chi connectivity index (χ2n) is 5.33. The molecule has 1 N–H and O–H groups in total. The first-order valence-corrected chi connectivity index (χ1v) is 8.98. The molecule has 4 nitrogen and oxygen atoms in total. The Hall–Kier alpha value is -2.08. The van der Waals surface area contributed by atoms with Crippen molar-refractivity contribution in [2.24, 2.45) is 0 Å². The van der Waals surface area contributed by atoms with Crippen LogP contribution in [0, 0.1) is 6.92 Å². The molecule has 0 spiro atoms. The maximum atomic E-state index is 12.3. The standard InChI is InChI=1S/C18H14Cl2N2O2S/c1-10-5-11(3-4-16(10)24-2)15-9-25-18(21-15)22-17(23)12-6-13(19)8-14(20)7-12/h3-9H,1-2H3,(H,21,22,23). The normalized spacial score (nSPS) is 10.6. The van der Waals surface area contributed by atoms with Crippen LogP contribution in [0.1, 0.15) is 15.9 Å². The van der Waals surface area contributed by atoms with Crippen molar-refractivity contribution in [3.8, 4) is 17.0 Å². The Kier molecular flexibility index (Phi) is 5.27. The largest absolute Gasteiger partial charge is 0.496 e. The number of benzene rings is 2. The molecule has 0 aliphatic rings. The van der Waals surface area contributed by atoms with Gasteiger partial charge in [-0.2, -0.15) is 0 Å². The van der Waals surface area contributed by atoms with Gasteiger partial charge in [0.15, 0.2) is 5.13 Å². The van der Waals surface area contributed by atoms with Crippen molar-refractivity contribution in [3.63, 3.8) is 0 Å². The molecule has 25 heavy (non-hydrogen) atoms. The van der Waals surface area contributed by atoms with Gasteiger partial charge in [0.2, 0.25) is 0 Å². The first-order chi connectivity index (χ1) is 12.0. The predicted octanol–water partition coefficient (Wildman–Crippen LogP) is 5.69. The number of rotatable bonds is 4. The smallest absolute Gasteiger partial charge is 0.257 e. The van der Waals surface area contributed by atoms with E-state index in [2.05, 4.69) is 10.3 Å². The fourth-order valence-electron chi connectivity index (χ4n) is 2.36. The van der Waals surface area contributed by atoms with E-state index >= 15 is 0 Å². The van der Waals surface area contributed by atoms with Crippen LogP contribution < -0.4 is 10.1 Å². The molecule has 0 radical (unpaired) electrons. The maximum Gasteiger partial charge on any atom is 0.257 e. The number of hydrogen-bond acceptors (Lipinski definition) is 4. The Morgan fingerprint density at radius 2 is 1.88 bits per heavy atom. The average Bonchev–Trinajstić information content (AvgIpc) is 3.02. The van der Waals surface area contributed by atoms with Crippen LogP contribution >= 0.6 is 34.5 Å². The molecule has 0 aliphatic carbocycles. The second-order valence-corrected chi connectivity index (χ2v) is 7.07. The molecule has 1 aromatic heterocycles. The SMILES string of the molecule is COc1ccc(-c2csc(NC(=O)c3cc(Cl)cc(Cl)c3)n2)cc1C. The minimum atomic E-state index is -0.309. The van der Waals surface area contributed by atoms with Gasteiger partial charge in [-0.1, -0.05) is 23.2 Å². The zero-order chi connectivity index (χ0) is 18.0. The molecular weight excluding hydrogens is 379 g/mol. The lowest BCUT2D eigenvalue weighted by atomic mass is 10.1. The molecule has 0 bridgehead atoms.